The molecule has 0 saturated carbocycles. The fraction of sp³-hybridized carbons (Fsp3) is 0.222. The van der Waals surface area contributed by atoms with Crippen molar-refractivity contribution >= 4 is 17.6 Å². The predicted molar refractivity (Wildman–Crippen MR) is 87.7 cm³/mol. The van der Waals surface area contributed by atoms with Gasteiger partial charge in [-0.2, -0.15) is 0 Å². The smallest absolute Gasteiger partial charge is 0.339 e. The van der Waals surface area contributed by atoms with Crippen LogP contribution in [0.2, 0.25) is 0 Å². The van der Waals surface area contributed by atoms with Crippen LogP contribution >= 0.6 is 0 Å². The summed E-state index contributed by atoms with van der Waals surface area (Å²) in [5.41, 5.74) is 1.83. The van der Waals surface area contributed by atoms with E-state index in [0.717, 1.165) is 5.56 Å². The lowest BCUT2D eigenvalue weighted by molar-refractivity contribution is -0.123. The molecule has 0 heterocycles. The lowest BCUT2D eigenvalue weighted by Gasteiger charge is -2.14. The molecule has 120 valence electrons. The molecule has 5 heteroatoms. The van der Waals surface area contributed by atoms with Gasteiger partial charge in [-0.25, -0.2) is 4.79 Å². The fourth-order valence-electron chi connectivity index (χ4n) is 2.02. The zero-order valence-corrected chi connectivity index (χ0v) is 13.3. The molecule has 5 nitrogen and oxygen atoms in total. The fourth-order valence-corrected chi connectivity index (χ4v) is 2.02. The lowest BCUT2D eigenvalue weighted by Crippen LogP contribution is -2.30. The molecule has 1 N–H and O–H groups in total. The number of aryl methyl sites for hydroxylation is 1. The van der Waals surface area contributed by atoms with Crippen LogP contribution in [0, 0.1) is 6.92 Å². The number of rotatable bonds is 5. The number of hydrogen-bond donors (Lipinski definition) is 1. The van der Waals surface area contributed by atoms with Crippen LogP contribution in [0.3, 0.4) is 0 Å². The summed E-state index contributed by atoms with van der Waals surface area (Å²) in [5.74, 6) is -0.288. The summed E-state index contributed by atoms with van der Waals surface area (Å²) in [5, 5.41) is 2.69. The number of esters is 1. The molecule has 0 unspecified atom stereocenters. The number of nitrogens with one attached hydrogen (secondary N) is 1. The van der Waals surface area contributed by atoms with Gasteiger partial charge in [0, 0.05) is 11.8 Å². The van der Waals surface area contributed by atoms with Gasteiger partial charge in [0.15, 0.2) is 6.10 Å². The number of hydrogen-bond acceptors (Lipinski definition) is 4. The highest BCUT2D eigenvalue weighted by Gasteiger charge is 2.20. The Kier molecular flexibility index (Phi) is 5.36. The van der Waals surface area contributed by atoms with Crippen LogP contribution in [0.5, 0.6) is 5.75 Å². The predicted octanol–water partition coefficient (Wildman–Crippen LogP) is 3.19. The largest absolute Gasteiger partial charge is 0.497 e. The number of carbonyl (C=O) groups excluding carboxylic acids is 2. The Morgan fingerprint density at radius 3 is 2.52 bits per heavy atom. The molecule has 0 aliphatic carbocycles. The molecular formula is C18H19NO4. The first-order valence-electron chi connectivity index (χ1n) is 7.23. The summed E-state index contributed by atoms with van der Waals surface area (Å²) in [6.07, 6.45) is -0.909. The van der Waals surface area contributed by atoms with Gasteiger partial charge in [0.1, 0.15) is 5.75 Å². The zero-order valence-electron chi connectivity index (χ0n) is 13.3. The van der Waals surface area contributed by atoms with Gasteiger partial charge in [-0.3, -0.25) is 4.79 Å². The van der Waals surface area contributed by atoms with Crippen molar-refractivity contribution in [2.75, 3.05) is 12.4 Å². The Balaban J connectivity index is 1.99. The van der Waals surface area contributed by atoms with Crippen LogP contribution in [-0.2, 0) is 9.53 Å². The maximum atomic E-state index is 12.1. The molecule has 2 aromatic rings. The molecule has 0 aliphatic heterocycles. The summed E-state index contributed by atoms with van der Waals surface area (Å²) >= 11 is 0. The van der Waals surface area contributed by atoms with Gasteiger partial charge in [-0.15, -0.1) is 0 Å². The molecule has 0 fully saturated rings. The Bertz CT molecular complexity index is 712. The average molecular weight is 313 g/mol. The van der Waals surface area contributed by atoms with E-state index in [1.807, 2.05) is 19.1 Å². The van der Waals surface area contributed by atoms with Gasteiger partial charge in [0.05, 0.1) is 12.7 Å². The Hall–Kier alpha value is -2.82. The third-order valence-corrected chi connectivity index (χ3v) is 3.36. The highest BCUT2D eigenvalue weighted by Crippen LogP contribution is 2.17. The molecule has 1 amide bonds. The van der Waals surface area contributed by atoms with Gasteiger partial charge in [0.25, 0.3) is 5.91 Å². The second-order valence-electron chi connectivity index (χ2n) is 5.08. The minimum atomic E-state index is -0.909. The minimum absolute atomic E-state index is 0.403. The first kappa shape index (κ1) is 16.5. The number of carbonyl (C=O) groups is 2. The first-order valence-corrected chi connectivity index (χ1v) is 7.23. The molecule has 2 aromatic carbocycles. The average Bonchev–Trinajstić information content (AvgIpc) is 2.55. The van der Waals surface area contributed by atoms with E-state index >= 15 is 0 Å². The standard InChI is InChI=1S/C18H19NO4/c1-12-7-4-5-10-16(12)18(21)23-13(2)17(20)19-14-8-6-9-15(11-14)22-3/h4-11,13H,1-3H3,(H,19,20)/t13-/m0/s1. The Morgan fingerprint density at radius 1 is 1.09 bits per heavy atom. The van der Waals surface area contributed by atoms with E-state index in [1.165, 1.54) is 6.92 Å². The molecule has 0 saturated heterocycles. The van der Waals surface area contributed by atoms with E-state index in [-0.39, 0.29) is 0 Å². The summed E-state index contributed by atoms with van der Waals surface area (Å²) < 4.78 is 10.3. The van der Waals surface area contributed by atoms with Crippen molar-refractivity contribution in [3.8, 4) is 5.75 Å². The van der Waals surface area contributed by atoms with E-state index in [2.05, 4.69) is 5.32 Å². The van der Waals surface area contributed by atoms with Crippen LogP contribution in [0.15, 0.2) is 48.5 Å². The highest BCUT2D eigenvalue weighted by molar-refractivity contribution is 5.97. The van der Waals surface area contributed by atoms with E-state index in [1.54, 1.807) is 43.5 Å². The molecule has 0 aliphatic rings. The topological polar surface area (TPSA) is 64.6 Å². The lowest BCUT2D eigenvalue weighted by atomic mass is 10.1. The van der Waals surface area contributed by atoms with Crippen LogP contribution < -0.4 is 10.1 Å². The third kappa shape index (κ3) is 4.32. The van der Waals surface area contributed by atoms with E-state index < -0.39 is 18.0 Å². The van der Waals surface area contributed by atoms with E-state index in [0.29, 0.717) is 17.0 Å². The molecule has 0 spiro atoms. The number of ether oxygens (including phenoxy) is 2. The van der Waals surface area contributed by atoms with Crippen LogP contribution in [0.1, 0.15) is 22.8 Å². The Morgan fingerprint density at radius 2 is 1.83 bits per heavy atom. The Labute approximate surface area is 135 Å². The molecule has 0 radical (unpaired) electrons. The molecule has 23 heavy (non-hydrogen) atoms. The van der Waals surface area contributed by atoms with Crippen molar-refractivity contribution in [1.29, 1.82) is 0 Å². The second kappa shape index (κ2) is 7.45. The molecule has 2 rings (SSSR count). The summed E-state index contributed by atoms with van der Waals surface area (Å²) in [7, 11) is 1.55. The van der Waals surface area contributed by atoms with Gasteiger partial charge >= 0.3 is 5.97 Å². The molecule has 0 bridgehead atoms. The van der Waals surface area contributed by atoms with Gasteiger partial charge in [-0.1, -0.05) is 24.3 Å². The summed E-state index contributed by atoms with van der Waals surface area (Å²) in [4.78, 5) is 24.2. The quantitative estimate of drug-likeness (QED) is 0.861. The number of methoxy groups -OCH3 is 1. The van der Waals surface area contributed by atoms with Crippen molar-refractivity contribution < 1.29 is 19.1 Å². The second-order valence-corrected chi connectivity index (χ2v) is 5.08. The first-order chi connectivity index (χ1) is 11.0. The van der Waals surface area contributed by atoms with Crippen molar-refractivity contribution in [3.05, 3.63) is 59.7 Å². The molecule has 0 aromatic heterocycles. The molecule has 1 atom stereocenters. The van der Waals surface area contributed by atoms with Crippen LogP contribution in [0.4, 0.5) is 5.69 Å². The monoisotopic (exact) mass is 313 g/mol. The molecular weight excluding hydrogens is 294 g/mol. The zero-order chi connectivity index (χ0) is 16.8. The maximum Gasteiger partial charge on any atom is 0.339 e. The summed E-state index contributed by atoms with van der Waals surface area (Å²) in [6, 6.07) is 14.0. The number of benzene rings is 2. The number of anilines is 1. The van der Waals surface area contributed by atoms with Crippen LogP contribution in [-0.4, -0.2) is 25.1 Å². The van der Waals surface area contributed by atoms with Crippen molar-refractivity contribution in [2.24, 2.45) is 0 Å². The number of amides is 1. The van der Waals surface area contributed by atoms with Crippen molar-refractivity contribution in [2.45, 2.75) is 20.0 Å². The minimum Gasteiger partial charge on any atom is -0.497 e. The van der Waals surface area contributed by atoms with E-state index in [4.69, 9.17) is 9.47 Å². The van der Waals surface area contributed by atoms with E-state index in [9.17, 15) is 9.59 Å². The van der Waals surface area contributed by atoms with Gasteiger partial charge in [-0.05, 0) is 37.6 Å². The van der Waals surface area contributed by atoms with Crippen molar-refractivity contribution in [3.63, 3.8) is 0 Å². The normalized spacial score (nSPS) is 11.4. The third-order valence-electron chi connectivity index (χ3n) is 3.36. The van der Waals surface area contributed by atoms with Gasteiger partial charge in [0.2, 0.25) is 0 Å². The van der Waals surface area contributed by atoms with Crippen molar-refractivity contribution in [1.82, 2.24) is 0 Å². The summed E-state index contributed by atoms with van der Waals surface area (Å²) in [6.45, 7) is 3.35. The SMILES string of the molecule is COc1cccc(NC(=O)[C@H](C)OC(=O)c2ccccc2C)c1. The van der Waals surface area contributed by atoms with Crippen LogP contribution in [0.25, 0.3) is 0 Å². The maximum absolute atomic E-state index is 12.1. The van der Waals surface area contributed by atoms with Gasteiger partial charge < -0.3 is 14.8 Å². The highest BCUT2D eigenvalue weighted by atomic mass is 16.5.